The van der Waals surface area contributed by atoms with Crippen LogP contribution in [0.15, 0.2) is 57.3 Å². The summed E-state index contributed by atoms with van der Waals surface area (Å²) in [4.78, 5) is 14.1. The third-order valence-corrected chi connectivity index (χ3v) is 3.89. The molecule has 0 aliphatic carbocycles. The molecule has 0 saturated carbocycles. The molecule has 0 radical (unpaired) electrons. The van der Waals surface area contributed by atoms with Gasteiger partial charge in [-0.3, -0.25) is 0 Å². The highest BCUT2D eigenvalue weighted by Crippen LogP contribution is 2.27. The van der Waals surface area contributed by atoms with Crippen LogP contribution in [0.4, 0.5) is 5.95 Å². The van der Waals surface area contributed by atoms with Crippen LogP contribution in [-0.4, -0.2) is 31.8 Å². The summed E-state index contributed by atoms with van der Waals surface area (Å²) in [6.07, 6.45) is 3.48. The first-order valence-corrected chi connectivity index (χ1v) is 7.73. The van der Waals surface area contributed by atoms with Gasteiger partial charge in [-0.25, -0.2) is 4.68 Å². The molecule has 2 heterocycles. The summed E-state index contributed by atoms with van der Waals surface area (Å²) in [7, 11) is 1.77. The maximum Gasteiger partial charge on any atom is 0.256 e. The van der Waals surface area contributed by atoms with E-state index in [9.17, 15) is 0 Å². The van der Waals surface area contributed by atoms with Crippen LogP contribution in [0.3, 0.4) is 0 Å². The van der Waals surface area contributed by atoms with E-state index in [1.54, 1.807) is 24.1 Å². The van der Waals surface area contributed by atoms with Crippen LogP contribution in [0.2, 0.25) is 0 Å². The second kappa shape index (κ2) is 6.23. The van der Waals surface area contributed by atoms with E-state index >= 15 is 0 Å². The molecule has 0 amide bonds. The van der Waals surface area contributed by atoms with Crippen molar-refractivity contribution in [3.8, 4) is 5.95 Å². The molecule has 0 saturated heterocycles. The molecule has 0 spiro atoms. The Hall–Kier alpha value is -1.93. The molecule has 0 atom stereocenters. The fourth-order valence-corrected chi connectivity index (χ4v) is 2.98. The molecule has 0 unspecified atom stereocenters. The summed E-state index contributed by atoms with van der Waals surface area (Å²) in [6, 6.07) is 9.80. The van der Waals surface area contributed by atoms with Crippen molar-refractivity contribution in [2.45, 2.75) is 10.1 Å². The molecule has 6 nitrogen and oxygen atoms in total. The molecule has 8 heteroatoms. The lowest BCUT2D eigenvalue weighted by atomic mass is 10.4. The van der Waals surface area contributed by atoms with Crippen molar-refractivity contribution < 1.29 is 0 Å². The highest BCUT2D eigenvalue weighted by molar-refractivity contribution is 9.10. The summed E-state index contributed by atoms with van der Waals surface area (Å²) in [5.74, 6) is 0.991. The van der Waals surface area contributed by atoms with Gasteiger partial charge in [-0.15, -0.1) is 0 Å². The van der Waals surface area contributed by atoms with E-state index < -0.39 is 0 Å². The Morgan fingerprint density at radius 2 is 2.10 bits per heavy atom. The van der Waals surface area contributed by atoms with E-state index in [-0.39, 0.29) is 0 Å². The smallest absolute Gasteiger partial charge is 0.256 e. The number of halogens is 1. The molecule has 1 N–H and O–H groups in total. The lowest BCUT2D eigenvalue weighted by Gasteiger charge is -2.06. The van der Waals surface area contributed by atoms with Crippen molar-refractivity contribution >= 4 is 33.6 Å². The average Bonchev–Trinajstić information content (AvgIpc) is 3.01. The zero-order chi connectivity index (χ0) is 14.7. The highest BCUT2D eigenvalue weighted by Gasteiger charge is 2.09. The zero-order valence-electron chi connectivity index (χ0n) is 11.1. The van der Waals surface area contributed by atoms with E-state index in [1.807, 2.05) is 30.3 Å². The first-order valence-electron chi connectivity index (χ1n) is 6.12. The van der Waals surface area contributed by atoms with Gasteiger partial charge >= 0.3 is 0 Å². The highest BCUT2D eigenvalue weighted by atomic mass is 79.9. The Morgan fingerprint density at radius 3 is 2.81 bits per heavy atom. The molecule has 0 fully saturated rings. The van der Waals surface area contributed by atoms with Crippen LogP contribution in [0, 0.1) is 0 Å². The number of hydrogen-bond donors (Lipinski definition) is 1. The normalized spacial score (nSPS) is 10.6. The first kappa shape index (κ1) is 14.0. The predicted octanol–water partition coefficient (Wildman–Crippen LogP) is 3.01. The van der Waals surface area contributed by atoms with E-state index in [4.69, 9.17) is 0 Å². The van der Waals surface area contributed by atoms with Gasteiger partial charge < -0.3 is 5.32 Å². The molecule has 3 aromatic rings. The summed E-state index contributed by atoms with van der Waals surface area (Å²) in [5, 5.41) is 7.69. The predicted molar refractivity (Wildman–Crippen MR) is 84.8 cm³/mol. The standard InChI is InChI=1S/C13H11BrN6S/c1-15-11-17-12(20-7-3-6-16-20)19-13(18-11)21-10-5-2-4-9(14)8-10/h2-8H,1H3,(H,15,17,18,19). The van der Waals surface area contributed by atoms with Gasteiger partial charge in [-0.05, 0) is 36.0 Å². The van der Waals surface area contributed by atoms with E-state index in [0.29, 0.717) is 17.1 Å². The van der Waals surface area contributed by atoms with Crippen molar-refractivity contribution in [1.29, 1.82) is 0 Å². The second-order valence-corrected chi connectivity index (χ2v) is 5.96. The second-order valence-electron chi connectivity index (χ2n) is 4.00. The number of anilines is 1. The minimum atomic E-state index is 0.483. The van der Waals surface area contributed by atoms with Gasteiger partial charge in [-0.2, -0.15) is 20.1 Å². The van der Waals surface area contributed by atoms with Crippen LogP contribution in [0.25, 0.3) is 5.95 Å². The van der Waals surface area contributed by atoms with Gasteiger partial charge in [0.05, 0.1) is 0 Å². The van der Waals surface area contributed by atoms with Crippen LogP contribution >= 0.6 is 27.7 Å². The van der Waals surface area contributed by atoms with Crippen molar-refractivity contribution in [3.63, 3.8) is 0 Å². The monoisotopic (exact) mass is 362 g/mol. The third-order valence-electron chi connectivity index (χ3n) is 2.54. The molecule has 21 heavy (non-hydrogen) atoms. The number of rotatable bonds is 4. The lowest BCUT2D eigenvalue weighted by molar-refractivity contribution is 0.762. The first-order chi connectivity index (χ1) is 10.2. The van der Waals surface area contributed by atoms with Gasteiger partial charge in [0.15, 0.2) is 5.16 Å². The molecular formula is C13H11BrN6S. The number of benzene rings is 1. The minimum absolute atomic E-state index is 0.483. The Balaban J connectivity index is 1.96. The number of aromatic nitrogens is 5. The third kappa shape index (κ3) is 3.40. The molecule has 0 bridgehead atoms. The SMILES string of the molecule is CNc1nc(Sc2cccc(Br)c2)nc(-n2cccn2)n1. The average molecular weight is 363 g/mol. The largest absolute Gasteiger partial charge is 0.357 e. The molecular weight excluding hydrogens is 352 g/mol. The lowest BCUT2D eigenvalue weighted by Crippen LogP contribution is -2.07. The number of hydrogen-bond acceptors (Lipinski definition) is 6. The van der Waals surface area contributed by atoms with Gasteiger partial charge in [-0.1, -0.05) is 22.0 Å². The molecule has 2 aromatic heterocycles. The summed E-state index contributed by atoms with van der Waals surface area (Å²) in [6.45, 7) is 0. The number of nitrogens with one attached hydrogen (secondary N) is 1. The van der Waals surface area contributed by atoms with Crippen molar-refractivity contribution in [1.82, 2.24) is 24.7 Å². The Labute approximate surface area is 134 Å². The fraction of sp³-hybridized carbons (Fsp3) is 0.0769. The van der Waals surface area contributed by atoms with Crippen LogP contribution in [0.1, 0.15) is 0 Å². The van der Waals surface area contributed by atoms with Crippen molar-refractivity contribution in [2.24, 2.45) is 0 Å². The topological polar surface area (TPSA) is 68.5 Å². The maximum atomic E-state index is 4.43. The van der Waals surface area contributed by atoms with Gasteiger partial charge in [0.2, 0.25) is 5.95 Å². The Bertz CT molecular complexity index is 746. The molecule has 1 aromatic carbocycles. The van der Waals surface area contributed by atoms with Gasteiger partial charge in [0.25, 0.3) is 5.95 Å². The van der Waals surface area contributed by atoms with Crippen LogP contribution < -0.4 is 5.32 Å². The fourth-order valence-electron chi connectivity index (χ4n) is 1.63. The number of nitrogens with zero attached hydrogens (tertiary/aromatic N) is 5. The molecule has 3 rings (SSSR count). The summed E-state index contributed by atoms with van der Waals surface area (Å²) >= 11 is 4.93. The maximum absolute atomic E-state index is 4.43. The van der Waals surface area contributed by atoms with Crippen LogP contribution in [-0.2, 0) is 0 Å². The van der Waals surface area contributed by atoms with Crippen molar-refractivity contribution in [2.75, 3.05) is 12.4 Å². The van der Waals surface area contributed by atoms with Crippen LogP contribution in [0.5, 0.6) is 0 Å². The zero-order valence-corrected chi connectivity index (χ0v) is 13.5. The molecule has 0 aliphatic heterocycles. The Morgan fingerprint density at radius 1 is 1.19 bits per heavy atom. The molecule has 106 valence electrons. The molecule has 0 aliphatic rings. The van der Waals surface area contributed by atoms with Gasteiger partial charge in [0, 0.05) is 28.8 Å². The van der Waals surface area contributed by atoms with E-state index in [2.05, 4.69) is 41.3 Å². The minimum Gasteiger partial charge on any atom is -0.357 e. The van der Waals surface area contributed by atoms with E-state index in [0.717, 1.165) is 9.37 Å². The Kier molecular flexibility index (Phi) is 4.16. The summed E-state index contributed by atoms with van der Waals surface area (Å²) < 4.78 is 2.62. The van der Waals surface area contributed by atoms with E-state index in [1.165, 1.54) is 11.8 Å². The van der Waals surface area contributed by atoms with Crippen molar-refractivity contribution in [3.05, 3.63) is 47.2 Å². The quantitative estimate of drug-likeness (QED) is 0.769. The van der Waals surface area contributed by atoms with Gasteiger partial charge in [0.1, 0.15) is 0 Å². The summed E-state index contributed by atoms with van der Waals surface area (Å²) in [5.41, 5.74) is 0.